The number of nitrogens with one attached hydrogen (secondary N) is 1. The van der Waals surface area contributed by atoms with E-state index in [4.69, 9.17) is 14.2 Å². The lowest BCUT2D eigenvalue weighted by Gasteiger charge is -2.35. The zero-order valence-corrected chi connectivity index (χ0v) is 27.4. The molecule has 0 aromatic heterocycles. The average molecular weight is 650 g/mol. The van der Waals surface area contributed by atoms with Crippen LogP contribution in [0.2, 0.25) is 0 Å². The van der Waals surface area contributed by atoms with Crippen LogP contribution in [0.3, 0.4) is 0 Å². The molecule has 11 nitrogen and oxygen atoms in total. The number of hydrogen-bond donors (Lipinski definition) is 2. The average Bonchev–Trinajstić information content (AvgIpc) is 3.59. The predicted octanol–water partition coefficient (Wildman–Crippen LogP) is 4.28. The maximum atomic E-state index is 14.3. The highest BCUT2D eigenvalue weighted by atomic mass is 32.2. The summed E-state index contributed by atoms with van der Waals surface area (Å²) in [6.45, 7) is 5.89. The zero-order valence-electron chi connectivity index (χ0n) is 26.5. The quantitative estimate of drug-likeness (QED) is 0.290. The third kappa shape index (κ3) is 8.06. The van der Waals surface area contributed by atoms with E-state index in [0.29, 0.717) is 34.1 Å². The smallest absolute Gasteiger partial charge is 0.308 e. The Kier molecular flexibility index (Phi) is 11.3. The van der Waals surface area contributed by atoms with Gasteiger partial charge in [0.15, 0.2) is 11.5 Å². The van der Waals surface area contributed by atoms with Gasteiger partial charge in [0.05, 0.1) is 25.8 Å². The topological polar surface area (TPSA) is 135 Å². The largest absolute Gasteiger partial charge is 0.493 e. The summed E-state index contributed by atoms with van der Waals surface area (Å²) in [5.41, 5.74) is 1.67. The van der Waals surface area contributed by atoms with Crippen molar-refractivity contribution in [2.45, 2.75) is 70.9 Å². The summed E-state index contributed by atoms with van der Waals surface area (Å²) in [5.74, 6) is -1.89. The number of amides is 1. The molecule has 1 saturated heterocycles. The van der Waals surface area contributed by atoms with Gasteiger partial charge in [-0.05, 0) is 67.6 Å². The van der Waals surface area contributed by atoms with Crippen molar-refractivity contribution in [3.05, 3.63) is 47.3 Å². The van der Waals surface area contributed by atoms with Gasteiger partial charge in [-0.1, -0.05) is 26.7 Å². The number of carboxylic acid groups (broad SMARTS) is 1. The highest BCUT2D eigenvalue weighted by molar-refractivity contribution is 7.88. The monoisotopic (exact) mass is 649 g/mol. The minimum atomic E-state index is -3.53. The summed E-state index contributed by atoms with van der Waals surface area (Å²) in [5, 5.41) is 10.5. The Morgan fingerprint density at radius 1 is 1.18 bits per heavy atom. The predicted molar refractivity (Wildman–Crippen MR) is 168 cm³/mol. The molecule has 4 rings (SSSR count). The molecule has 45 heavy (non-hydrogen) atoms. The SMILES string of the molecule is CCCC(CCC)N(C(=O)CN1C[C@H](c2cc(OC)c3c(c2)OCO3)C(C(=O)O)[C@@H]1CCNS(C)(=O)=O)c1ccc(F)c(C)c1. The van der Waals surface area contributed by atoms with Crippen molar-refractivity contribution in [2.75, 3.05) is 44.7 Å². The second kappa shape index (κ2) is 14.8. The first-order chi connectivity index (χ1) is 21.4. The van der Waals surface area contributed by atoms with E-state index >= 15 is 0 Å². The number of rotatable bonds is 15. The first-order valence-corrected chi connectivity index (χ1v) is 17.2. The molecule has 2 aromatic rings. The molecule has 2 aromatic carbocycles. The van der Waals surface area contributed by atoms with E-state index in [1.165, 1.54) is 13.2 Å². The molecule has 0 bridgehead atoms. The number of anilines is 1. The molecular formula is C32H44FN3O8S. The number of ether oxygens (including phenoxy) is 3. The lowest BCUT2D eigenvalue weighted by molar-refractivity contribution is -0.143. The minimum Gasteiger partial charge on any atom is -0.493 e. The van der Waals surface area contributed by atoms with Crippen molar-refractivity contribution in [1.29, 1.82) is 0 Å². The van der Waals surface area contributed by atoms with Crippen LogP contribution in [0.25, 0.3) is 0 Å². The highest BCUT2D eigenvalue weighted by Gasteiger charge is 2.48. The highest BCUT2D eigenvalue weighted by Crippen LogP contribution is 2.47. The summed E-state index contributed by atoms with van der Waals surface area (Å²) >= 11 is 0. The molecule has 248 valence electrons. The Balaban J connectivity index is 1.73. The molecule has 0 radical (unpaired) electrons. The van der Waals surface area contributed by atoms with Crippen molar-refractivity contribution in [3.63, 3.8) is 0 Å². The number of likely N-dealkylation sites (tertiary alicyclic amines) is 1. The van der Waals surface area contributed by atoms with Crippen molar-refractivity contribution in [3.8, 4) is 17.2 Å². The molecule has 2 aliphatic heterocycles. The van der Waals surface area contributed by atoms with Gasteiger partial charge in [-0.2, -0.15) is 0 Å². The normalized spacial score (nSPS) is 19.7. The molecule has 0 saturated carbocycles. The molecular weight excluding hydrogens is 605 g/mol. The third-order valence-corrected chi connectivity index (χ3v) is 9.31. The number of carbonyl (C=O) groups is 2. The van der Waals surface area contributed by atoms with Crippen LogP contribution in [-0.4, -0.2) is 82.2 Å². The molecule has 0 spiro atoms. The van der Waals surface area contributed by atoms with Gasteiger partial charge < -0.3 is 24.2 Å². The van der Waals surface area contributed by atoms with Crippen LogP contribution in [0.4, 0.5) is 10.1 Å². The van der Waals surface area contributed by atoms with Crippen LogP contribution >= 0.6 is 0 Å². The number of carbonyl (C=O) groups excluding carboxylic acids is 1. The van der Waals surface area contributed by atoms with Crippen molar-refractivity contribution >= 4 is 27.6 Å². The minimum absolute atomic E-state index is 0.00428. The summed E-state index contributed by atoms with van der Waals surface area (Å²) in [7, 11) is -2.04. The molecule has 2 heterocycles. The molecule has 3 atom stereocenters. The van der Waals surface area contributed by atoms with Crippen LogP contribution < -0.4 is 23.8 Å². The van der Waals surface area contributed by atoms with E-state index in [9.17, 15) is 27.5 Å². The Morgan fingerprint density at radius 2 is 1.89 bits per heavy atom. The van der Waals surface area contributed by atoms with Crippen LogP contribution in [0, 0.1) is 18.7 Å². The summed E-state index contributed by atoms with van der Waals surface area (Å²) in [6.07, 6.45) is 4.38. The van der Waals surface area contributed by atoms with E-state index in [1.807, 2.05) is 18.7 Å². The van der Waals surface area contributed by atoms with E-state index in [-0.39, 0.29) is 50.6 Å². The number of aliphatic carboxylic acids is 1. The summed E-state index contributed by atoms with van der Waals surface area (Å²) < 4.78 is 57.1. The first-order valence-electron chi connectivity index (χ1n) is 15.4. The molecule has 2 N–H and O–H groups in total. The first kappa shape index (κ1) is 34.5. The van der Waals surface area contributed by atoms with Crippen LogP contribution in [0.15, 0.2) is 30.3 Å². The fraction of sp³-hybridized carbons (Fsp3) is 0.562. The number of aryl methyl sites for hydroxylation is 1. The molecule has 0 aliphatic carbocycles. The van der Waals surface area contributed by atoms with Gasteiger partial charge in [-0.15, -0.1) is 0 Å². The lowest BCUT2D eigenvalue weighted by Crippen LogP contribution is -2.48. The van der Waals surface area contributed by atoms with Crippen LogP contribution in [0.1, 0.15) is 63.0 Å². The molecule has 2 aliphatic rings. The molecule has 13 heteroatoms. The molecule has 1 unspecified atom stereocenters. The van der Waals surface area contributed by atoms with Crippen LogP contribution in [0.5, 0.6) is 17.2 Å². The fourth-order valence-corrected chi connectivity index (χ4v) is 7.09. The van der Waals surface area contributed by atoms with Gasteiger partial charge in [0.25, 0.3) is 0 Å². The second-order valence-corrected chi connectivity index (χ2v) is 13.6. The fourth-order valence-electron chi connectivity index (χ4n) is 6.60. The Bertz CT molecular complexity index is 1480. The van der Waals surface area contributed by atoms with Gasteiger partial charge in [-0.3, -0.25) is 14.5 Å². The van der Waals surface area contributed by atoms with Crippen molar-refractivity contribution in [2.24, 2.45) is 5.92 Å². The Morgan fingerprint density at radius 3 is 2.49 bits per heavy atom. The second-order valence-electron chi connectivity index (χ2n) is 11.8. The van der Waals surface area contributed by atoms with E-state index < -0.39 is 33.9 Å². The number of methoxy groups -OCH3 is 1. The van der Waals surface area contributed by atoms with Gasteiger partial charge in [0, 0.05) is 36.8 Å². The number of hydrogen-bond acceptors (Lipinski definition) is 8. The Labute approximate surface area is 264 Å². The number of fused-ring (bicyclic) bond motifs is 1. The van der Waals surface area contributed by atoms with Crippen LogP contribution in [-0.2, 0) is 19.6 Å². The number of carboxylic acids is 1. The van der Waals surface area contributed by atoms with E-state index in [0.717, 1.165) is 31.9 Å². The summed E-state index contributed by atoms with van der Waals surface area (Å²) in [4.78, 5) is 30.8. The van der Waals surface area contributed by atoms with Gasteiger partial charge in [0.1, 0.15) is 5.82 Å². The molecule has 1 amide bonds. The van der Waals surface area contributed by atoms with Gasteiger partial charge in [-0.25, -0.2) is 17.5 Å². The number of nitrogens with zero attached hydrogens (tertiary/aromatic N) is 2. The van der Waals surface area contributed by atoms with Crippen molar-refractivity contribution in [1.82, 2.24) is 9.62 Å². The zero-order chi connectivity index (χ0) is 32.9. The van der Waals surface area contributed by atoms with Crippen molar-refractivity contribution < 1.29 is 41.7 Å². The number of halogens is 1. The standard InChI is InChI=1S/C32H44FN3O8S/c1-6-8-22(9-7-2)36(23-10-11-25(33)20(3)14-23)29(37)18-35-17-24(21-15-27(42-4)31-28(16-21)43-19-44-31)30(32(38)39)26(35)12-13-34-45(5,40)41/h10-11,14-16,22,24,26,30,34H,6-9,12-13,17-19H2,1-5H3,(H,38,39)/t24-,26+,30?/m1/s1. The maximum Gasteiger partial charge on any atom is 0.308 e. The lowest BCUT2D eigenvalue weighted by atomic mass is 9.84. The maximum absolute atomic E-state index is 14.3. The Hall–Kier alpha value is -3.42. The third-order valence-electron chi connectivity index (χ3n) is 8.58. The van der Waals surface area contributed by atoms with E-state index in [2.05, 4.69) is 4.72 Å². The number of benzene rings is 2. The van der Waals surface area contributed by atoms with E-state index in [1.54, 1.807) is 36.1 Å². The summed E-state index contributed by atoms with van der Waals surface area (Å²) in [6, 6.07) is 7.32. The van der Waals surface area contributed by atoms with Gasteiger partial charge >= 0.3 is 5.97 Å². The number of sulfonamides is 1. The van der Waals surface area contributed by atoms with Gasteiger partial charge in [0.2, 0.25) is 28.5 Å². The molecule has 1 fully saturated rings.